The van der Waals surface area contributed by atoms with Gasteiger partial charge in [0.15, 0.2) is 0 Å². The number of hydrogen-bond acceptors (Lipinski definition) is 2. The van der Waals surface area contributed by atoms with Crippen LogP contribution in [-0.4, -0.2) is 29.9 Å². The van der Waals surface area contributed by atoms with Gasteiger partial charge < -0.3 is 10.6 Å². The number of hydrogen-bond donors (Lipinski definition) is 1. The number of carbonyl (C=O) groups is 1. The van der Waals surface area contributed by atoms with E-state index in [1.54, 1.807) is 0 Å². The maximum absolute atomic E-state index is 12.8. The Hall–Kier alpha value is -0.570. The lowest BCUT2D eigenvalue weighted by Crippen LogP contribution is -2.42. The molecule has 0 unspecified atom stereocenters. The largest absolute Gasteiger partial charge is 0.340 e. The third kappa shape index (κ3) is 5.61. The second-order valence-electron chi connectivity index (χ2n) is 7.08. The Morgan fingerprint density at radius 2 is 1.48 bits per heavy atom. The molecule has 2 N–H and O–H groups in total. The molecule has 0 atom stereocenters. The summed E-state index contributed by atoms with van der Waals surface area (Å²) in [4.78, 5) is 15.0. The predicted molar refractivity (Wildman–Crippen MR) is 88.1 cm³/mol. The zero-order chi connectivity index (χ0) is 14.9. The van der Waals surface area contributed by atoms with Crippen molar-refractivity contribution in [1.82, 2.24) is 4.90 Å². The smallest absolute Gasteiger partial charge is 0.223 e. The monoisotopic (exact) mass is 294 g/mol. The Balaban J connectivity index is 1.90. The number of amides is 1. The molecular weight excluding hydrogens is 260 g/mol. The Bertz CT molecular complexity index is 292. The number of carbonyl (C=O) groups excluding carboxylic acids is 1. The van der Waals surface area contributed by atoms with E-state index in [0.29, 0.717) is 24.4 Å². The fraction of sp³-hybridized carbons (Fsp3) is 0.944. The highest BCUT2D eigenvalue weighted by molar-refractivity contribution is 5.76. The van der Waals surface area contributed by atoms with Crippen molar-refractivity contribution in [2.24, 2.45) is 11.7 Å². The lowest BCUT2D eigenvalue weighted by atomic mass is 9.86. The maximum atomic E-state index is 12.8. The molecular formula is C18H34N2O. The van der Waals surface area contributed by atoms with Gasteiger partial charge in [0.1, 0.15) is 0 Å². The van der Waals surface area contributed by atoms with E-state index in [0.717, 1.165) is 19.4 Å². The van der Waals surface area contributed by atoms with E-state index < -0.39 is 0 Å². The van der Waals surface area contributed by atoms with Crippen LogP contribution in [0.1, 0.15) is 83.5 Å². The molecule has 0 radical (unpaired) electrons. The minimum absolute atomic E-state index is 0.419. The third-order valence-corrected chi connectivity index (χ3v) is 5.38. The van der Waals surface area contributed by atoms with Crippen LogP contribution in [-0.2, 0) is 4.79 Å². The molecule has 0 spiro atoms. The summed E-state index contributed by atoms with van der Waals surface area (Å²) >= 11 is 0. The van der Waals surface area contributed by atoms with E-state index in [-0.39, 0.29) is 0 Å². The first-order valence-electron chi connectivity index (χ1n) is 9.31. The zero-order valence-electron chi connectivity index (χ0n) is 13.7. The van der Waals surface area contributed by atoms with Gasteiger partial charge >= 0.3 is 0 Å². The van der Waals surface area contributed by atoms with Gasteiger partial charge in [-0.25, -0.2) is 0 Å². The molecule has 0 saturated heterocycles. The average Bonchev–Trinajstić information content (AvgIpc) is 2.78. The summed E-state index contributed by atoms with van der Waals surface area (Å²) < 4.78 is 0. The SMILES string of the molecule is NCCCN(C(=O)CC1CCCCC1)C1CCCCCC1. The van der Waals surface area contributed by atoms with Crippen LogP contribution in [0.4, 0.5) is 0 Å². The van der Waals surface area contributed by atoms with Gasteiger partial charge in [-0.15, -0.1) is 0 Å². The van der Waals surface area contributed by atoms with E-state index in [1.165, 1.54) is 70.6 Å². The van der Waals surface area contributed by atoms with Gasteiger partial charge in [-0.2, -0.15) is 0 Å². The molecule has 0 aliphatic heterocycles. The molecule has 2 aliphatic rings. The average molecular weight is 294 g/mol. The number of nitrogens with two attached hydrogens (primary N) is 1. The highest BCUT2D eigenvalue weighted by atomic mass is 16.2. The standard InChI is InChI=1S/C18H34N2O/c19-13-8-14-20(17-11-6-1-2-7-12-17)18(21)15-16-9-4-3-5-10-16/h16-17H,1-15,19H2. The van der Waals surface area contributed by atoms with Crippen molar-refractivity contribution < 1.29 is 4.79 Å². The second-order valence-corrected chi connectivity index (χ2v) is 7.08. The van der Waals surface area contributed by atoms with Gasteiger partial charge in [0.25, 0.3) is 0 Å². The first kappa shape index (κ1) is 16.8. The van der Waals surface area contributed by atoms with Gasteiger partial charge in [-0.05, 0) is 44.6 Å². The van der Waals surface area contributed by atoms with Crippen LogP contribution < -0.4 is 5.73 Å². The highest BCUT2D eigenvalue weighted by Crippen LogP contribution is 2.29. The molecule has 0 aromatic carbocycles. The van der Waals surface area contributed by atoms with E-state index in [4.69, 9.17) is 5.73 Å². The van der Waals surface area contributed by atoms with E-state index >= 15 is 0 Å². The van der Waals surface area contributed by atoms with Crippen LogP contribution in [0.3, 0.4) is 0 Å². The van der Waals surface area contributed by atoms with Gasteiger partial charge in [0, 0.05) is 19.0 Å². The Labute approximate surface area is 130 Å². The Morgan fingerprint density at radius 1 is 0.905 bits per heavy atom. The van der Waals surface area contributed by atoms with Crippen LogP contribution in [0.15, 0.2) is 0 Å². The van der Waals surface area contributed by atoms with E-state index in [9.17, 15) is 4.79 Å². The topological polar surface area (TPSA) is 46.3 Å². The van der Waals surface area contributed by atoms with Crippen LogP contribution in [0.2, 0.25) is 0 Å². The minimum atomic E-state index is 0.419. The lowest BCUT2D eigenvalue weighted by molar-refractivity contribution is -0.135. The molecule has 2 rings (SSSR count). The first-order chi connectivity index (χ1) is 10.3. The zero-order valence-corrected chi connectivity index (χ0v) is 13.7. The summed E-state index contributed by atoms with van der Waals surface area (Å²) in [6.07, 6.45) is 16.0. The van der Waals surface area contributed by atoms with Crippen LogP contribution in [0.5, 0.6) is 0 Å². The van der Waals surface area contributed by atoms with Gasteiger partial charge in [-0.1, -0.05) is 44.9 Å². The van der Waals surface area contributed by atoms with Crippen molar-refractivity contribution in [2.75, 3.05) is 13.1 Å². The third-order valence-electron chi connectivity index (χ3n) is 5.38. The van der Waals surface area contributed by atoms with Crippen molar-refractivity contribution in [3.8, 4) is 0 Å². The predicted octanol–water partition coefficient (Wildman–Crippen LogP) is 3.86. The molecule has 2 aliphatic carbocycles. The minimum Gasteiger partial charge on any atom is -0.340 e. The molecule has 3 nitrogen and oxygen atoms in total. The number of rotatable bonds is 6. The molecule has 3 heteroatoms. The molecule has 1 amide bonds. The van der Waals surface area contributed by atoms with Crippen molar-refractivity contribution in [3.63, 3.8) is 0 Å². The Kier molecular flexibility index (Phi) is 7.56. The molecule has 21 heavy (non-hydrogen) atoms. The lowest BCUT2D eigenvalue weighted by Gasteiger charge is -2.33. The van der Waals surface area contributed by atoms with Gasteiger partial charge in [0.05, 0.1) is 0 Å². The van der Waals surface area contributed by atoms with Crippen LogP contribution in [0.25, 0.3) is 0 Å². The summed E-state index contributed by atoms with van der Waals surface area (Å²) in [7, 11) is 0. The quantitative estimate of drug-likeness (QED) is 0.756. The second kappa shape index (κ2) is 9.45. The van der Waals surface area contributed by atoms with Gasteiger partial charge in [0.2, 0.25) is 5.91 Å². The molecule has 0 aromatic rings. The molecule has 122 valence electrons. The van der Waals surface area contributed by atoms with Crippen molar-refractivity contribution in [1.29, 1.82) is 0 Å². The summed E-state index contributed by atoms with van der Waals surface area (Å²) in [5, 5.41) is 0. The van der Waals surface area contributed by atoms with Gasteiger partial charge in [-0.3, -0.25) is 4.79 Å². The van der Waals surface area contributed by atoms with E-state index in [1.807, 2.05) is 0 Å². The van der Waals surface area contributed by atoms with E-state index in [2.05, 4.69) is 4.90 Å². The first-order valence-corrected chi connectivity index (χ1v) is 9.31. The fourth-order valence-corrected chi connectivity index (χ4v) is 4.10. The molecule has 2 saturated carbocycles. The molecule has 0 bridgehead atoms. The van der Waals surface area contributed by atoms with Crippen molar-refractivity contribution in [3.05, 3.63) is 0 Å². The normalized spacial score (nSPS) is 22.0. The van der Waals surface area contributed by atoms with Crippen molar-refractivity contribution in [2.45, 2.75) is 89.5 Å². The van der Waals surface area contributed by atoms with Crippen molar-refractivity contribution >= 4 is 5.91 Å². The summed E-state index contributed by atoms with van der Waals surface area (Å²) in [6.45, 7) is 1.58. The van der Waals surface area contributed by atoms with Crippen LogP contribution in [0, 0.1) is 5.92 Å². The van der Waals surface area contributed by atoms with Crippen LogP contribution >= 0.6 is 0 Å². The summed E-state index contributed by atoms with van der Waals surface area (Å²) in [5.41, 5.74) is 5.68. The number of nitrogens with zero attached hydrogens (tertiary/aromatic N) is 1. The fourth-order valence-electron chi connectivity index (χ4n) is 4.10. The molecule has 2 fully saturated rings. The summed E-state index contributed by atoms with van der Waals surface area (Å²) in [5.74, 6) is 1.07. The maximum Gasteiger partial charge on any atom is 0.223 e. The highest BCUT2D eigenvalue weighted by Gasteiger charge is 2.26. The summed E-state index contributed by atoms with van der Waals surface area (Å²) in [6, 6.07) is 0.496. The Morgan fingerprint density at radius 3 is 2.10 bits per heavy atom. The molecule has 0 heterocycles. The molecule has 0 aromatic heterocycles.